The summed E-state index contributed by atoms with van der Waals surface area (Å²) in [5.41, 5.74) is 2.55. The van der Waals surface area contributed by atoms with E-state index in [2.05, 4.69) is 20.9 Å². The van der Waals surface area contributed by atoms with E-state index < -0.39 is 0 Å². The highest BCUT2D eigenvalue weighted by atomic mass is 16.3. The first kappa shape index (κ1) is 12.1. The van der Waals surface area contributed by atoms with Crippen LogP contribution in [0.3, 0.4) is 0 Å². The monoisotopic (exact) mass is 247 g/mol. The minimum Gasteiger partial charge on any atom is -0.465 e. The number of furan rings is 1. The molecular weight excluding hydrogens is 234 g/mol. The number of nitrogens with two attached hydrogens (primary N) is 1. The van der Waals surface area contributed by atoms with Crippen molar-refractivity contribution in [1.29, 1.82) is 0 Å². The number of nitrogen functional groups attached to an aromatic ring is 1. The molecule has 2 aromatic rings. The van der Waals surface area contributed by atoms with Crippen LogP contribution in [0.4, 0.5) is 5.82 Å². The van der Waals surface area contributed by atoms with Crippen molar-refractivity contribution < 1.29 is 9.21 Å². The molecule has 0 radical (unpaired) electrons. The van der Waals surface area contributed by atoms with Crippen LogP contribution in [-0.2, 0) is 6.54 Å². The number of hydrogen-bond acceptors (Lipinski definition) is 6. The number of aromatic nitrogens is 2. The van der Waals surface area contributed by atoms with Gasteiger partial charge in [0.1, 0.15) is 11.5 Å². The first-order valence-electron chi connectivity index (χ1n) is 5.33. The zero-order valence-corrected chi connectivity index (χ0v) is 9.80. The van der Waals surface area contributed by atoms with Gasteiger partial charge in [-0.15, -0.1) is 10.2 Å². The lowest BCUT2D eigenvalue weighted by Gasteiger charge is -2.02. The molecule has 0 atom stereocenters. The van der Waals surface area contributed by atoms with Gasteiger partial charge in [-0.3, -0.25) is 4.79 Å². The number of carbonyl (C=O) groups is 1. The van der Waals surface area contributed by atoms with Crippen molar-refractivity contribution in [3.8, 4) is 0 Å². The van der Waals surface area contributed by atoms with Gasteiger partial charge >= 0.3 is 0 Å². The minimum absolute atomic E-state index is 0.220. The third-order valence-corrected chi connectivity index (χ3v) is 2.26. The molecule has 1 amide bonds. The summed E-state index contributed by atoms with van der Waals surface area (Å²) in [6.45, 7) is 2.15. The highest BCUT2D eigenvalue weighted by Crippen LogP contribution is 2.06. The van der Waals surface area contributed by atoms with E-state index in [-0.39, 0.29) is 11.6 Å². The fourth-order valence-corrected chi connectivity index (χ4v) is 1.37. The predicted octanol–water partition coefficient (Wildman–Crippen LogP) is 0.594. The largest absolute Gasteiger partial charge is 0.465 e. The Morgan fingerprint density at radius 1 is 1.33 bits per heavy atom. The molecule has 0 aromatic carbocycles. The number of hydrazine groups is 1. The van der Waals surface area contributed by atoms with Crippen molar-refractivity contribution in [1.82, 2.24) is 15.5 Å². The van der Waals surface area contributed by atoms with Gasteiger partial charge in [0.15, 0.2) is 11.5 Å². The zero-order valence-electron chi connectivity index (χ0n) is 9.80. The van der Waals surface area contributed by atoms with E-state index >= 15 is 0 Å². The molecule has 0 saturated carbocycles. The van der Waals surface area contributed by atoms with E-state index in [4.69, 9.17) is 10.3 Å². The summed E-state index contributed by atoms with van der Waals surface area (Å²) in [6.07, 6.45) is 0. The quantitative estimate of drug-likeness (QED) is 0.539. The van der Waals surface area contributed by atoms with Gasteiger partial charge in [-0.1, -0.05) is 0 Å². The second-order valence-corrected chi connectivity index (χ2v) is 3.64. The van der Waals surface area contributed by atoms with Crippen LogP contribution in [0.5, 0.6) is 0 Å². The topological polar surface area (TPSA) is 106 Å². The van der Waals surface area contributed by atoms with Gasteiger partial charge in [0.05, 0.1) is 6.54 Å². The van der Waals surface area contributed by atoms with E-state index in [1.165, 1.54) is 6.07 Å². The lowest BCUT2D eigenvalue weighted by atomic mass is 10.3. The van der Waals surface area contributed by atoms with Crippen LogP contribution in [-0.4, -0.2) is 16.1 Å². The smallest absolute Gasteiger partial charge is 0.272 e. The molecule has 2 rings (SSSR count). The first-order valence-corrected chi connectivity index (χ1v) is 5.33. The molecule has 0 spiro atoms. The summed E-state index contributed by atoms with van der Waals surface area (Å²) >= 11 is 0. The van der Waals surface area contributed by atoms with E-state index in [0.29, 0.717) is 18.1 Å². The number of carbonyl (C=O) groups excluding carboxylic acids is 1. The summed E-state index contributed by atoms with van der Waals surface area (Å²) in [4.78, 5) is 11.7. The molecule has 0 aliphatic carbocycles. The van der Waals surface area contributed by atoms with Crippen LogP contribution in [0.15, 0.2) is 28.7 Å². The molecule has 0 aliphatic heterocycles. The van der Waals surface area contributed by atoms with Crippen molar-refractivity contribution in [3.05, 3.63) is 41.5 Å². The summed E-state index contributed by atoms with van der Waals surface area (Å²) in [7, 11) is 0. The third kappa shape index (κ3) is 2.83. The molecule has 0 fully saturated rings. The van der Waals surface area contributed by atoms with Crippen molar-refractivity contribution in [2.75, 3.05) is 5.43 Å². The number of amides is 1. The van der Waals surface area contributed by atoms with E-state index in [0.717, 1.165) is 5.76 Å². The maximum atomic E-state index is 11.7. The van der Waals surface area contributed by atoms with Crippen molar-refractivity contribution in [2.45, 2.75) is 13.5 Å². The van der Waals surface area contributed by atoms with E-state index in [1.807, 2.05) is 19.1 Å². The molecule has 18 heavy (non-hydrogen) atoms. The summed E-state index contributed by atoms with van der Waals surface area (Å²) in [5.74, 6) is 6.72. The Bertz CT molecular complexity index is 535. The number of rotatable bonds is 4. The highest BCUT2D eigenvalue weighted by Gasteiger charge is 2.08. The fourth-order valence-electron chi connectivity index (χ4n) is 1.37. The summed E-state index contributed by atoms with van der Waals surface area (Å²) < 4.78 is 5.33. The Morgan fingerprint density at radius 2 is 2.17 bits per heavy atom. The fraction of sp³-hybridized carbons (Fsp3) is 0.182. The van der Waals surface area contributed by atoms with Gasteiger partial charge in [0.25, 0.3) is 5.91 Å². The Labute approximate surface area is 103 Å². The molecule has 2 aromatic heterocycles. The van der Waals surface area contributed by atoms with Crippen LogP contribution in [0.1, 0.15) is 22.0 Å². The molecule has 4 N–H and O–H groups in total. The second kappa shape index (κ2) is 5.28. The van der Waals surface area contributed by atoms with Crippen molar-refractivity contribution in [2.24, 2.45) is 5.84 Å². The molecule has 0 aliphatic rings. The predicted molar refractivity (Wildman–Crippen MR) is 64.5 cm³/mol. The highest BCUT2D eigenvalue weighted by molar-refractivity contribution is 5.92. The Balaban J connectivity index is 1.94. The summed E-state index contributed by atoms with van der Waals surface area (Å²) in [6, 6.07) is 6.75. The Hall–Kier alpha value is -2.41. The van der Waals surface area contributed by atoms with Gasteiger partial charge in [-0.2, -0.15) is 0 Å². The molecule has 2 heterocycles. The average molecular weight is 247 g/mol. The van der Waals surface area contributed by atoms with Gasteiger partial charge in [0.2, 0.25) is 0 Å². The Morgan fingerprint density at radius 3 is 2.72 bits per heavy atom. The zero-order chi connectivity index (χ0) is 13.0. The van der Waals surface area contributed by atoms with Gasteiger partial charge in [0, 0.05) is 0 Å². The molecular formula is C11H13N5O2. The number of aryl methyl sites for hydroxylation is 1. The molecule has 7 nitrogen and oxygen atoms in total. The number of nitrogens with zero attached hydrogens (tertiary/aromatic N) is 2. The Kier molecular flexibility index (Phi) is 3.54. The number of anilines is 1. The SMILES string of the molecule is Cc1ccc(CNC(=O)c2ccc(NN)nn2)o1. The number of hydrogen-bond donors (Lipinski definition) is 3. The average Bonchev–Trinajstić information content (AvgIpc) is 2.82. The minimum atomic E-state index is -0.319. The summed E-state index contributed by atoms with van der Waals surface area (Å²) in [5, 5.41) is 10.1. The molecule has 0 unspecified atom stereocenters. The lowest BCUT2D eigenvalue weighted by molar-refractivity contribution is 0.0942. The molecule has 0 bridgehead atoms. The van der Waals surface area contributed by atoms with E-state index in [1.54, 1.807) is 6.07 Å². The van der Waals surface area contributed by atoms with Crippen LogP contribution in [0, 0.1) is 6.92 Å². The second-order valence-electron chi connectivity index (χ2n) is 3.64. The lowest BCUT2D eigenvalue weighted by Crippen LogP contribution is -2.24. The van der Waals surface area contributed by atoms with Crippen LogP contribution in [0.25, 0.3) is 0 Å². The van der Waals surface area contributed by atoms with Crippen LogP contribution >= 0.6 is 0 Å². The van der Waals surface area contributed by atoms with Gasteiger partial charge in [-0.25, -0.2) is 5.84 Å². The third-order valence-electron chi connectivity index (χ3n) is 2.26. The number of nitrogens with one attached hydrogen (secondary N) is 2. The normalized spacial score (nSPS) is 10.1. The van der Waals surface area contributed by atoms with Crippen molar-refractivity contribution in [3.63, 3.8) is 0 Å². The maximum absolute atomic E-state index is 11.7. The first-order chi connectivity index (χ1) is 8.69. The standard InChI is InChI=1S/C11H13N5O2/c1-7-2-3-8(18-7)6-13-11(17)9-4-5-10(14-12)16-15-9/h2-5H,6,12H2,1H3,(H,13,17)(H,14,16). The molecule has 94 valence electrons. The van der Waals surface area contributed by atoms with Crippen LogP contribution < -0.4 is 16.6 Å². The van der Waals surface area contributed by atoms with Crippen molar-refractivity contribution >= 4 is 11.7 Å². The molecule has 0 saturated heterocycles. The van der Waals surface area contributed by atoms with Gasteiger partial charge in [-0.05, 0) is 31.2 Å². The van der Waals surface area contributed by atoms with Crippen LogP contribution in [0.2, 0.25) is 0 Å². The maximum Gasteiger partial charge on any atom is 0.272 e. The van der Waals surface area contributed by atoms with E-state index in [9.17, 15) is 4.79 Å². The van der Waals surface area contributed by atoms with Gasteiger partial charge < -0.3 is 15.2 Å². The molecule has 7 heteroatoms.